The number of thiazole rings is 1. The molecule has 23 heavy (non-hydrogen) atoms. The Morgan fingerprint density at radius 3 is 3.00 bits per heavy atom. The van der Waals surface area contributed by atoms with Crippen LogP contribution in [0.5, 0.6) is 0 Å². The monoisotopic (exact) mass is 331 g/mol. The molecule has 0 bridgehead atoms. The SMILES string of the molecule is O=C(OCc1cc(=O)n2ccsc2n1)c1cccc([N+](=O)[O-])c1. The minimum Gasteiger partial charge on any atom is -0.456 e. The van der Waals surface area contributed by atoms with Crippen molar-refractivity contribution in [1.82, 2.24) is 9.38 Å². The van der Waals surface area contributed by atoms with Gasteiger partial charge in [0, 0.05) is 29.8 Å². The van der Waals surface area contributed by atoms with E-state index < -0.39 is 10.9 Å². The Morgan fingerprint density at radius 1 is 1.39 bits per heavy atom. The lowest BCUT2D eigenvalue weighted by Gasteiger charge is -2.04. The molecule has 8 nitrogen and oxygen atoms in total. The van der Waals surface area contributed by atoms with Gasteiger partial charge in [-0.15, -0.1) is 11.3 Å². The molecule has 0 aliphatic heterocycles. The van der Waals surface area contributed by atoms with Gasteiger partial charge in [0.05, 0.1) is 16.2 Å². The average molecular weight is 331 g/mol. The Hall–Kier alpha value is -3.07. The number of nitro benzene ring substituents is 1. The van der Waals surface area contributed by atoms with E-state index in [1.54, 1.807) is 11.6 Å². The molecule has 0 amide bonds. The maximum atomic E-state index is 11.9. The van der Waals surface area contributed by atoms with Crippen molar-refractivity contribution in [2.24, 2.45) is 0 Å². The van der Waals surface area contributed by atoms with Gasteiger partial charge in [0.1, 0.15) is 6.61 Å². The Morgan fingerprint density at radius 2 is 2.22 bits per heavy atom. The van der Waals surface area contributed by atoms with Crippen molar-refractivity contribution in [3.8, 4) is 0 Å². The number of aromatic nitrogens is 2. The highest BCUT2D eigenvalue weighted by Gasteiger charge is 2.13. The molecule has 116 valence electrons. The summed E-state index contributed by atoms with van der Waals surface area (Å²) in [5.41, 5.74) is -0.0853. The van der Waals surface area contributed by atoms with Crippen LogP contribution in [0.2, 0.25) is 0 Å². The number of carbonyl (C=O) groups excluding carboxylic acids is 1. The Bertz CT molecular complexity index is 962. The molecule has 0 unspecified atom stereocenters. The molecule has 0 atom stereocenters. The predicted octanol–water partition coefficient (Wildman–Crippen LogP) is 2.02. The minimum atomic E-state index is -0.720. The Labute approximate surface area is 132 Å². The standard InChI is InChI=1S/C14H9N3O5S/c18-12-7-10(15-14-16(12)4-5-23-14)8-22-13(19)9-2-1-3-11(6-9)17(20)21/h1-7H,8H2. The summed E-state index contributed by atoms with van der Waals surface area (Å²) < 4.78 is 6.45. The lowest BCUT2D eigenvalue weighted by Crippen LogP contribution is -2.14. The van der Waals surface area contributed by atoms with Crippen molar-refractivity contribution in [3.63, 3.8) is 0 Å². The van der Waals surface area contributed by atoms with E-state index in [2.05, 4.69) is 4.98 Å². The zero-order valence-electron chi connectivity index (χ0n) is 11.5. The molecule has 0 radical (unpaired) electrons. The van der Waals surface area contributed by atoms with Crippen LogP contribution in [0.25, 0.3) is 4.96 Å². The van der Waals surface area contributed by atoms with Crippen molar-refractivity contribution in [2.45, 2.75) is 6.61 Å². The van der Waals surface area contributed by atoms with Crippen LogP contribution in [0.1, 0.15) is 16.1 Å². The van der Waals surface area contributed by atoms with Gasteiger partial charge in [-0.25, -0.2) is 9.78 Å². The summed E-state index contributed by atoms with van der Waals surface area (Å²) in [6.07, 6.45) is 1.61. The molecule has 0 aliphatic carbocycles. The Balaban J connectivity index is 1.76. The largest absolute Gasteiger partial charge is 0.456 e. The van der Waals surface area contributed by atoms with Gasteiger partial charge in [0.25, 0.3) is 11.2 Å². The first-order valence-electron chi connectivity index (χ1n) is 6.42. The summed E-state index contributed by atoms with van der Waals surface area (Å²) in [7, 11) is 0. The number of hydrogen-bond acceptors (Lipinski definition) is 7. The van der Waals surface area contributed by atoms with Gasteiger partial charge in [-0.05, 0) is 6.07 Å². The number of non-ortho nitro benzene ring substituents is 1. The number of carbonyl (C=O) groups is 1. The first kappa shape index (κ1) is 14.9. The molecular formula is C14H9N3O5S. The van der Waals surface area contributed by atoms with Gasteiger partial charge in [-0.1, -0.05) is 6.07 Å². The van der Waals surface area contributed by atoms with Gasteiger partial charge in [0.2, 0.25) is 0 Å². The molecule has 0 spiro atoms. The molecule has 0 N–H and O–H groups in total. The van der Waals surface area contributed by atoms with E-state index in [0.29, 0.717) is 10.7 Å². The van der Waals surface area contributed by atoms with Crippen molar-refractivity contribution in [1.29, 1.82) is 0 Å². The molecule has 3 aromatic rings. The second kappa shape index (κ2) is 5.97. The number of ether oxygens (including phenoxy) is 1. The number of benzene rings is 1. The van der Waals surface area contributed by atoms with Crippen LogP contribution in [0, 0.1) is 10.1 Å². The van der Waals surface area contributed by atoms with Crippen LogP contribution in [-0.2, 0) is 11.3 Å². The molecule has 0 fully saturated rings. The third kappa shape index (κ3) is 3.09. The van der Waals surface area contributed by atoms with E-state index in [1.807, 2.05) is 0 Å². The van der Waals surface area contributed by atoms with E-state index in [1.165, 1.54) is 40.0 Å². The maximum absolute atomic E-state index is 11.9. The van der Waals surface area contributed by atoms with Crippen LogP contribution in [0.4, 0.5) is 5.69 Å². The predicted molar refractivity (Wildman–Crippen MR) is 81.6 cm³/mol. The van der Waals surface area contributed by atoms with E-state index in [4.69, 9.17) is 4.74 Å². The number of rotatable bonds is 4. The quantitative estimate of drug-likeness (QED) is 0.411. The van der Waals surface area contributed by atoms with Crippen molar-refractivity contribution >= 4 is 28.0 Å². The van der Waals surface area contributed by atoms with E-state index in [-0.39, 0.29) is 23.4 Å². The molecule has 2 heterocycles. The molecule has 2 aromatic heterocycles. The molecule has 0 saturated heterocycles. The van der Waals surface area contributed by atoms with Gasteiger partial charge >= 0.3 is 5.97 Å². The van der Waals surface area contributed by atoms with Crippen molar-refractivity contribution in [3.05, 3.63) is 73.6 Å². The first-order chi connectivity index (χ1) is 11.0. The van der Waals surface area contributed by atoms with Crippen molar-refractivity contribution < 1.29 is 14.5 Å². The molecule has 3 rings (SSSR count). The average Bonchev–Trinajstić information content (AvgIpc) is 3.02. The van der Waals surface area contributed by atoms with E-state index in [9.17, 15) is 19.7 Å². The third-order valence-electron chi connectivity index (χ3n) is 3.00. The molecular weight excluding hydrogens is 322 g/mol. The molecule has 9 heteroatoms. The normalized spacial score (nSPS) is 10.6. The van der Waals surface area contributed by atoms with Gasteiger partial charge in [0.15, 0.2) is 4.96 Å². The van der Waals surface area contributed by atoms with Crippen LogP contribution >= 0.6 is 11.3 Å². The summed E-state index contributed by atoms with van der Waals surface area (Å²) in [5, 5.41) is 12.4. The van der Waals surface area contributed by atoms with Crippen LogP contribution in [-0.4, -0.2) is 20.3 Å². The summed E-state index contributed by atoms with van der Waals surface area (Å²) in [6.45, 7) is -0.189. The lowest BCUT2D eigenvalue weighted by atomic mass is 10.2. The van der Waals surface area contributed by atoms with Gasteiger partial charge in [-0.3, -0.25) is 19.3 Å². The zero-order valence-corrected chi connectivity index (χ0v) is 12.4. The molecule has 0 aliphatic rings. The second-order valence-corrected chi connectivity index (χ2v) is 5.40. The Kier molecular flexibility index (Phi) is 3.85. The summed E-state index contributed by atoms with van der Waals surface area (Å²) in [5.74, 6) is -0.720. The minimum absolute atomic E-state index is 0.0631. The van der Waals surface area contributed by atoms with Crippen LogP contribution in [0.3, 0.4) is 0 Å². The summed E-state index contributed by atoms with van der Waals surface area (Å²) in [4.78, 5) is 38.6. The fourth-order valence-corrected chi connectivity index (χ4v) is 2.67. The maximum Gasteiger partial charge on any atom is 0.338 e. The number of hydrogen-bond donors (Lipinski definition) is 0. The van der Waals surface area contributed by atoms with Crippen LogP contribution in [0.15, 0.2) is 46.7 Å². The number of nitrogens with zero attached hydrogens (tertiary/aromatic N) is 3. The number of esters is 1. The van der Waals surface area contributed by atoms with Gasteiger partial charge in [-0.2, -0.15) is 0 Å². The topological polar surface area (TPSA) is 104 Å². The number of fused-ring (bicyclic) bond motifs is 1. The third-order valence-corrected chi connectivity index (χ3v) is 3.76. The lowest BCUT2D eigenvalue weighted by molar-refractivity contribution is -0.384. The summed E-state index contributed by atoms with van der Waals surface area (Å²) >= 11 is 1.29. The summed E-state index contributed by atoms with van der Waals surface area (Å²) in [6, 6.07) is 6.51. The fourth-order valence-electron chi connectivity index (χ4n) is 1.93. The highest BCUT2D eigenvalue weighted by Crippen LogP contribution is 2.14. The number of nitro groups is 1. The second-order valence-electron chi connectivity index (χ2n) is 4.52. The van der Waals surface area contributed by atoms with Crippen LogP contribution < -0.4 is 5.56 Å². The van der Waals surface area contributed by atoms with Gasteiger partial charge < -0.3 is 4.74 Å². The zero-order chi connectivity index (χ0) is 16.4. The molecule has 1 aromatic carbocycles. The fraction of sp³-hybridized carbons (Fsp3) is 0.0714. The van der Waals surface area contributed by atoms with E-state index >= 15 is 0 Å². The highest BCUT2D eigenvalue weighted by atomic mass is 32.1. The van der Waals surface area contributed by atoms with Crippen molar-refractivity contribution in [2.75, 3.05) is 0 Å². The molecule has 0 saturated carbocycles. The highest BCUT2D eigenvalue weighted by molar-refractivity contribution is 7.15. The van der Waals surface area contributed by atoms with E-state index in [0.717, 1.165) is 6.07 Å². The first-order valence-corrected chi connectivity index (χ1v) is 7.30. The smallest absolute Gasteiger partial charge is 0.338 e.